The van der Waals surface area contributed by atoms with Crippen molar-refractivity contribution in [3.05, 3.63) is 33.9 Å². The molecule has 0 saturated heterocycles. The van der Waals surface area contributed by atoms with E-state index in [0.29, 0.717) is 6.04 Å². The van der Waals surface area contributed by atoms with Gasteiger partial charge in [0.2, 0.25) is 0 Å². The number of aliphatic hydroxyl groups excluding tert-OH is 1. The highest BCUT2D eigenvalue weighted by Gasteiger charge is 2.19. The summed E-state index contributed by atoms with van der Waals surface area (Å²) in [5.74, 6) is 0. The Morgan fingerprint density at radius 2 is 2.00 bits per heavy atom. The van der Waals surface area contributed by atoms with Crippen LogP contribution in [0.5, 0.6) is 0 Å². The van der Waals surface area contributed by atoms with Crippen LogP contribution in [0.1, 0.15) is 31.2 Å². The van der Waals surface area contributed by atoms with Gasteiger partial charge in [-0.2, -0.15) is 0 Å². The Balaban J connectivity index is 2.03. The van der Waals surface area contributed by atoms with Crippen LogP contribution in [-0.2, 0) is 0 Å². The van der Waals surface area contributed by atoms with E-state index >= 15 is 0 Å². The number of anilines is 1. The Kier molecular flexibility index (Phi) is 3.81. The maximum Gasteiger partial charge on any atom is 0.269 e. The summed E-state index contributed by atoms with van der Waals surface area (Å²) in [4.78, 5) is 10.3. The Morgan fingerprint density at radius 3 is 2.56 bits per heavy atom. The first-order chi connectivity index (χ1) is 8.56. The van der Waals surface area contributed by atoms with Gasteiger partial charge in [0.15, 0.2) is 0 Å². The molecule has 1 aromatic carbocycles. The molecule has 0 heterocycles. The van der Waals surface area contributed by atoms with Crippen molar-refractivity contribution >= 4 is 11.4 Å². The van der Waals surface area contributed by atoms with E-state index in [2.05, 4.69) is 5.32 Å². The van der Waals surface area contributed by atoms with Crippen LogP contribution in [0.15, 0.2) is 18.2 Å². The van der Waals surface area contributed by atoms with Crippen molar-refractivity contribution in [3.63, 3.8) is 0 Å². The van der Waals surface area contributed by atoms with Crippen molar-refractivity contribution < 1.29 is 10.0 Å². The van der Waals surface area contributed by atoms with Crippen LogP contribution < -0.4 is 5.32 Å². The molecule has 1 aromatic rings. The molecule has 0 spiro atoms. The average molecular weight is 250 g/mol. The molecule has 0 unspecified atom stereocenters. The summed E-state index contributed by atoms with van der Waals surface area (Å²) in [6, 6.07) is 5.22. The first-order valence-electron chi connectivity index (χ1n) is 6.26. The number of aryl methyl sites for hydroxylation is 1. The fraction of sp³-hybridized carbons (Fsp3) is 0.538. The third kappa shape index (κ3) is 2.98. The summed E-state index contributed by atoms with van der Waals surface area (Å²) in [6.45, 7) is 1.87. The van der Waals surface area contributed by atoms with E-state index in [1.807, 2.05) is 6.92 Å². The molecule has 98 valence electrons. The SMILES string of the molecule is Cc1cc([N+](=O)[O-])ccc1NC1CCC(O)CC1. The first-order valence-corrected chi connectivity index (χ1v) is 6.26. The van der Waals surface area contributed by atoms with E-state index in [1.54, 1.807) is 12.1 Å². The number of hydrogen-bond acceptors (Lipinski definition) is 4. The molecule has 1 aliphatic rings. The van der Waals surface area contributed by atoms with E-state index < -0.39 is 0 Å². The van der Waals surface area contributed by atoms with Crippen LogP contribution in [-0.4, -0.2) is 22.2 Å². The number of rotatable bonds is 3. The maximum atomic E-state index is 10.6. The van der Waals surface area contributed by atoms with Crippen molar-refractivity contribution in [1.82, 2.24) is 0 Å². The van der Waals surface area contributed by atoms with Gasteiger partial charge in [-0.1, -0.05) is 0 Å². The Labute approximate surface area is 106 Å². The fourth-order valence-corrected chi connectivity index (χ4v) is 2.36. The molecule has 1 fully saturated rings. The van der Waals surface area contributed by atoms with Gasteiger partial charge in [-0.15, -0.1) is 0 Å². The van der Waals surface area contributed by atoms with Crippen LogP contribution in [0.3, 0.4) is 0 Å². The zero-order valence-corrected chi connectivity index (χ0v) is 10.4. The van der Waals surface area contributed by atoms with E-state index in [9.17, 15) is 15.2 Å². The van der Waals surface area contributed by atoms with Gasteiger partial charge >= 0.3 is 0 Å². The molecular weight excluding hydrogens is 232 g/mol. The van der Waals surface area contributed by atoms with Crippen molar-refractivity contribution in [3.8, 4) is 0 Å². The lowest BCUT2D eigenvalue weighted by atomic mass is 9.93. The van der Waals surface area contributed by atoms with E-state index in [0.717, 1.165) is 36.9 Å². The highest BCUT2D eigenvalue weighted by Crippen LogP contribution is 2.26. The topological polar surface area (TPSA) is 75.4 Å². The van der Waals surface area contributed by atoms with Gasteiger partial charge in [-0.3, -0.25) is 10.1 Å². The molecule has 2 N–H and O–H groups in total. The monoisotopic (exact) mass is 250 g/mol. The standard InChI is InChI=1S/C13H18N2O3/c1-9-8-11(15(17)18)4-7-13(9)14-10-2-5-12(16)6-3-10/h4,7-8,10,12,14,16H,2-3,5-6H2,1H3. The summed E-state index contributed by atoms with van der Waals surface area (Å²) in [6.07, 6.45) is 3.36. The highest BCUT2D eigenvalue weighted by molar-refractivity contribution is 5.55. The molecule has 0 amide bonds. The second kappa shape index (κ2) is 5.35. The molecule has 5 nitrogen and oxygen atoms in total. The molecule has 18 heavy (non-hydrogen) atoms. The average Bonchev–Trinajstić information content (AvgIpc) is 2.34. The molecule has 0 atom stereocenters. The minimum atomic E-state index is -0.381. The molecule has 0 aliphatic heterocycles. The number of nitrogens with one attached hydrogen (secondary N) is 1. The third-order valence-electron chi connectivity index (χ3n) is 3.48. The van der Waals surface area contributed by atoms with Gasteiger partial charge in [-0.25, -0.2) is 0 Å². The Bertz CT molecular complexity index is 440. The van der Waals surface area contributed by atoms with Gasteiger partial charge in [0.1, 0.15) is 0 Å². The molecule has 0 radical (unpaired) electrons. The summed E-state index contributed by atoms with van der Waals surface area (Å²) >= 11 is 0. The van der Waals surface area contributed by atoms with Crippen molar-refractivity contribution in [2.24, 2.45) is 0 Å². The third-order valence-corrected chi connectivity index (χ3v) is 3.48. The summed E-state index contributed by atoms with van der Waals surface area (Å²) in [5, 5.41) is 23.5. The maximum absolute atomic E-state index is 10.6. The summed E-state index contributed by atoms with van der Waals surface area (Å²) in [7, 11) is 0. The number of hydrogen-bond donors (Lipinski definition) is 2. The zero-order chi connectivity index (χ0) is 13.1. The first kappa shape index (κ1) is 12.8. The second-order valence-corrected chi connectivity index (χ2v) is 4.91. The molecule has 0 aromatic heterocycles. The lowest BCUT2D eigenvalue weighted by molar-refractivity contribution is -0.384. The van der Waals surface area contributed by atoms with Crippen molar-refractivity contribution in [2.75, 3.05) is 5.32 Å². The van der Waals surface area contributed by atoms with E-state index in [-0.39, 0.29) is 16.7 Å². The van der Waals surface area contributed by atoms with Gasteiger partial charge < -0.3 is 10.4 Å². The molecule has 5 heteroatoms. The minimum Gasteiger partial charge on any atom is -0.393 e. The second-order valence-electron chi connectivity index (χ2n) is 4.91. The van der Waals surface area contributed by atoms with Crippen LogP contribution in [0.4, 0.5) is 11.4 Å². The zero-order valence-electron chi connectivity index (χ0n) is 10.4. The smallest absolute Gasteiger partial charge is 0.269 e. The quantitative estimate of drug-likeness (QED) is 0.638. The molecule has 0 bridgehead atoms. The normalized spacial score (nSPS) is 23.7. The molecular formula is C13H18N2O3. The van der Waals surface area contributed by atoms with Crippen LogP contribution in [0, 0.1) is 17.0 Å². The summed E-state index contributed by atoms with van der Waals surface area (Å²) in [5.41, 5.74) is 1.95. The Morgan fingerprint density at radius 1 is 1.33 bits per heavy atom. The molecule has 2 rings (SSSR count). The van der Waals surface area contributed by atoms with Gasteiger partial charge in [-0.05, 0) is 44.2 Å². The Hall–Kier alpha value is -1.62. The van der Waals surface area contributed by atoms with Crippen LogP contribution in [0.2, 0.25) is 0 Å². The molecule has 1 aliphatic carbocycles. The predicted octanol–water partition coefficient (Wildman–Crippen LogP) is 2.62. The number of nitrogens with zero attached hydrogens (tertiary/aromatic N) is 1. The lowest BCUT2D eigenvalue weighted by Gasteiger charge is -2.27. The predicted molar refractivity (Wildman–Crippen MR) is 69.7 cm³/mol. The largest absolute Gasteiger partial charge is 0.393 e. The van der Waals surface area contributed by atoms with Crippen molar-refractivity contribution in [2.45, 2.75) is 44.8 Å². The van der Waals surface area contributed by atoms with Crippen LogP contribution in [0.25, 0.3) is 0 Å². The van der Waals surface area contributed by atoms with Crippen LogP contribution >= 0.6 is 0 Å². The van der Waals surface area contributed by atoms with Crippen molar-refractivity contribution in [1.29, 1.82) is 0 Å². The molecule has 1 saturated carbocycles. The highest BCUT2D eigenvalue weighted by atomic mass is 16.6. The number of non-ortho nitro benzene ring substituents is 1. The van der Waals surface area contributed by atoms with Gasteiger partial charge in [0.05, 0.1) is 11.0 Å². The summed E-state index contributed by atoms with van der Waals surface area (Å²) < 4.78 is 0. The number of nitro groups is 1. The number of nitro benzene ring substituents is 1. The van der Waals surface area contributed by atoms with Gasteiger partial charge in [0, 0.05) is 23.9 Å². The van der Waals surface area contributed by atoms with Gasteiger partial charge in [0.25, 0.3) is 5.69 Å². The number of benzene rings is 1. The van der Waals surface area contributed by atoms with E-state index in [1.165, 1.54) is 6.07 Å². The lowest BCUT2D eigenvalue weighted by Crippen LogP contribution is -2.28. The van der Waals surface area contributed by atoms with E-state index in [4.69, 9.17) is 0 Å². The minimum absolute atomic E-state index is 0.122. The fourth-order valence-electron chi connectivity index (χ4n) is 2.36. The number of aliphatic hydroxyl groups is 1.